The summed E-state index contributed by atoms with van der Waals surface area (Å²) in [6, 6.07) is 0. The number of hydrogen-bond acceptors (Lipinski definition) is 4. The first-order valence-electron chi connectivity index (χ1n) is 4.05. The number of nitrogens with zero attached hydrogens (tertiary/aromatic N) is 3. The van der Waals surface area contributed by atoms with Crippen LogP contribution in [0.3, 0.4) is 0 Å². The highest BCUT2D eigenvalue weighted by atomic mass is 16.4. The van der Waals surface area contributed by atoms with Gasteiger partial charge in [-0.15, -0.1) is 10.2 Å². The third-order valence-corrected chi connectivity index (χ3v) is 2.19. The van der Waals surface area contributed by atoms with Crippen LogP contribution in [-0.2, 0) is 11.3 Å². The zero-order chi connectivity index (χ0) is 9.42. The van der Waals surface area contributed by atoms with E-state index in [0.717, 1.165) is 5.82 Å². The second kappa shape index (κ2) is 2.72. The molecule has 2 rings (SSSR count). The monoisotopic (exact) mass is 182 g/mol. The van der Waals surface area contributed by atoms with E-state index in [9.17, 15) is 4.79 Å². The van der Waals surface area contributed by atoms with E-state index in [1.54, 1.807) is 4.57 Å². The molecule has 6 nitrogen and oxygen atoms in total. The molecule has 1 aliphatic heterocycles. The Hall–Kier alpha value is -1.59. The van der Waals surface area contributed by atoms with Gasteiger partial charge in [0.15, 0.2) is 0 Å². The lowest BCUT2D eigenvalue weighted by molar-refractivity contribution is -0.141. The van der Waals surface area contributed by atoms with Gasteiger partial charge in [0.25, 0.3) is 0 Å². The second-order valence-electron chi connectivity index (χ2n) is 3.10. The summed E-state index contributed by atoms with van der Waals surface area (Å²) in [5, 5.41) is 19.4. The van der Waals surface area contributed by atoms with Crippen molar-refractivity contribution in [3.05, 3.63) is 5.82 Å². The van der Waals surface area contributed by atoms with Crippen LogP contribution in [0.5, 0.6) is 0 Å². The molecule has 70 valence electrons. The van der Waals surface area contributed by atoms with E-state index < -0.39 is 5.97 Å². The van der Waals surface area contributed by atoms with E-state index in [4.69, 9.17) is 5.11 Å². The van der Waals surface area contributed by atoms with Gasteiger partial charge in [0.05, 0.1) is 5.92 Å². The van der Waals surface area contributed by atoms with Crippen molar-refractivity contribution in [3.63, 3.8) is 0 Å². The number of carbonyl (C=O) groups is 1. The molecule has 2 N–H and O–H groups in total. The maximum Gasteiger partial charge on any atom is 0.310 e. The lowest BCUT2D eigenvalue weighted by atomic mass is 10.1. The van der Waals surface area contributed by atoms with Gasteiger partial charge in [0.1, 0.15) is 5.82 Å². The maximum atomic E-state index is 10.7. The minimum absolute atomic E-state index is 0.387. The third kappa shape index (κ3) is 1.24. The molecule has 2 heterocycles. The Labute approximate surface area is 74.6 Å². The first kappa shape index (κ1) is 8.03. The summed E-state index contributed by atoms with van der Waals surface area (Å²) < 4.78 is 1.78. The summed E-state index contributed by atoms with van der Waals surface area (Å²) in [5.74, 6) is 0.233. The van der Waals surface area contributed by atoms with Crippen molar-refractivity contribution in [1.29, 1.82) is 0 Å². The van der Waals surface area contributed by atoms with Crippen LogP contribution in [0.15, 0.2) is 0 Å². The van der Waals surface area contributed by atoms with E-state index in [2.05, 4.69) is 15.5 Å². The Kier molecular flexibility index (Phi) is 1.68. The number of aryl methyl sites for hydroxylation is 1. The zero-order valence-corrected chi connectivity index (χ0v) is 7.19. The van der Waals surface area contributed by atoms with Gasteiger partial charge in [-0.1, -0.05) is 0 Å². The largest absolute Gasteiger partial charge is 0.481 e. The molecule has 1 aromatic rings. The molecule has 0 radical (unpaired) electrons. The topological polar surface area (TPSA) is 80.0 Å². The standard InChI is InChI=1S/C7H10N4O2/c1-4-9-10-7-8-2-5(6(12)13)3-11(4)7/h5H,2-3H2,1H3,(H,8,10)(H,12,13). The Balaban J connectivity index is 2.27. The normalized spacial score (nSPS) is 20.5. The Morgan fingerprint density at radius 2 is 2.46 bits per heavy atom. The van der Waals surface area contributed by atoms with Crippen molar-refractivity contribution < 1.29 is 9.90 Å². The van der Waals surface area contributed by atoms with Crippen LogP contribution in [0.2, 0.25) is 0 Å². The van der Waals surface area contributed by atoms with Gasteiger partial charge in [-0.2, -0.15) is 0 Å². The molecule has 0 spiro atoms. The molecule has 0 amide bonds. The molecule has 0 bridgehead atoms. The molecule has 0 aromatic carbocycles. The predicted molar refractivity (Wildman–Crippen MR) is 44.4 cm³/mol. The highest BCUT2D eigenvalue weighted by Crippen LogP contribution is 2.16. The van der Waals surface area contributed by atoms with Gasteiger partial charge in [-0.25, -0.2) is 0 Å². The van der Waals surface area contributed by atoms with Crippen LogP contribution in [0.25, 0.3) is 0 Å². The predicted octanol–water partition coefficient (Wildman–Crippen LogP) is -0.287. The molecular weight excluding hydrogens is 172 g/mol. The first-order chi connectivity index (χ1) is 6.18. The Bertz CT molecular complexity index is 346. The number of fused-ring (bicyclic) bond motifs is 1. The smallest absolute Gasteiger partial charge is 0.310 e. The minimum atomic E-state index is -0.786. The molecule has 6 heteroatoms. The summed E-state index contributed by atoms with van der Waals surface area (Å²) >= 11 is 0. The molecule has 0 saturated carbocycles. The Morgan fingerprint density at radius 1 is 1.69 bits per heavy atom. The van der Waals surface area contributed by atoms with Crippen molar-refractivity contribution in [2.45, 2.75) is 13.5 Å². The summed E-state index contributed by atoms with van der Waals surface area (Å²) in [7, 11) is 0. The van der Waals surface area contributed by atoms with Gasteiger partial charge in [-0.05, 0) is 6.92 Å². The van der Waals surface area contributed by atoms with Crippen LogP contribution in [0.4, 0.5) is 5.95 Å². The average molecular weight is 182 g/mol. The number of nitrogens with one attached hydrogen (secondary N) is 1. The van der Waals surface area contributed by atoms with Crippen LogP contribution in [-0.4, -0.2) is 32.4 Å². The molecule has 0 fully saturated rings. The number of rotatable bonds is 1. The van der Waals surface area contributed by atoms with Gasteiger partial charge < -0.3 is 10.4 Å². The van der Waals surface area contributed by atoms with Crippen LogP contribution in [0.1, 0.15) is 5.82 Å². The summed E-state index contributed by atoms with van der Waals surface area (Å²) in [5.41, 5.74) is 0. The van der Waals surface area contributed by atoms with Gasteiger partial charge in [0, 0.05) is 13.1 Å². The van der Waals surface area contributed by atoms with Gasteiger partial charge in [0.2, 0.25) is 5.95 Å². The molecule has 1 aliphatic rings. The average Bonchev–Trinajstić information content (AvgIpc) is 2.47. The van der Waals surface area contributed by atoms with Crippen molar-refractivity contribution in [1.82, 2.24) is 14.8 Å². The van der Waals surface area contributed by atoms with Crippen LogP contribution < -0.4 is 5.32 Å². The van der Waals surface area contributed by atoms with Crippen molar-refractivity contribution in [2.24, 2.45) is 5.92 Å². The van der Waals surface area contributed by atoms with E-state index >= 15 is 0 Å². The minimum Gasteiger partial charge on any atom is -0.481 e. The summed E-state index contributed by atoms with van der Waals surface area (Å²) in [6.45, 7) is 2.69. The number of hydrogen-bond donors (Lipinski definition) is 2. The molecule has 0 aliphatic carbocycles. The maximum absolute atomic E-state index is 10.7. The quantitative estimate of drug-likeness (QED) is 0.624. The van der Waals surface area contributed by atoms with Crippen molar-refractivity contribution in [3.8, 4) is 0 Å². The summed E-state index contributed by atoms with van der Waals surface area (Å²) in [6.07, 6.45) is 0. The fraction of sp³-hybridized carbons (Fsp3) is 0.571. The number of carboxylic acids is 1. The fourth-order valence-electron chi connectivity index (χ4n) is 1.40. The highest BCUT2D eigenvalue weighted by Gasteiger charge is 2.25. The molecule has 13 heavy (non-hydrogen) atoms. The lowest BCUT2D eigenvalue weighted by Crippen LogP contribution is -2.33. The molecule has 1 aromatic heterocycles. The number of carboxylic acid groups (broad SMARTS) is 1. The van der Waals surface area contributed by atoms with Crippen LogP contribution in [0, 0.1) is 12.8 Å². The van der Waals surface area contributed by atoms with Gasteiger partial charge in [-0.3, -0.25) is 9.36 Å². The third-order valence-electron chi connectivity index (χ3n) is 2.19. The summed E-state index contributed by atoms with van der Waals surface area (Å²) in [4.78, 5) is 10.7. The molecular formula is C7H10N4O2. The number of aliphatic carboxylic acids is 1. The number of aromatic nitrogens is 3. The van der Waals surface area contributed by atoms with Gasteiger partial charge >= 0.3 is 5.97 Å². The molecule has 1 unspecified atom stereocenters. The lowest BCUT2D eigenvalue weighted by Gasteiger charge is -2.21. The zero-order valence-electron chi connectivity index (χ0n) is 7.19. The van der Waals surface area contributed by atoms with E-state index in [-0.39, 0.29) is 5.92 Å². The fourth-order valence-corrected chi connectivity index (χ4v) is 1.40. The van der Waals surface area contributed by atoms with E-state index in [1.807, 2.05) is 6.92 Å². The number of anilines is 1. The van der Waals surface area contributed by atoms with E-state index in [0.29, 0.717) is 19.0 Å². The van der Waals surface area contributed by atoms with E-state index in [1.165, 1.54) is 0 Å². The Morgan fingerprint density at radius 3 is 3.15 bits per heavy atom. The van der Waals surface area contributed by atoms with Crippen molar-refractivity contribution in [2.75, 3.05) is 11.9 Å². The SMILES string of the molecule is Cc1nnc2n1CC(C(=O)O)CN2. The van der Waals surface area contributed by atoms with Crippen molar-refractivity contribution >= 4 is 11.9 Å². The van der Waals surface area contributed by atoms with Crippen LogP contribution >= 0.6 is 0 Å². The highest BCUT2D eigenvalue weighted by molar-refractivity contribution is 5.71. The second-order valence-corrected chi connectivity index (χ2v) is 3.10. The first-order valence-corrected chi connectivity index (χ1v) is 4.05. The molecule has 0 saturated heterocycles. The molecule has 1 atom stereocenters.